The van der Waals surface area contributed by atoms with Crippen molar-refractivity contribution in [2.24, 2.45) is 0 Å². The summed E-state index contributed by atoms with van der Waals surface area (Å²) in [7, 11) is 1.77. The second-order valence-electron chi connectivity index (χ2n) is 6.19. The Balaban J connectivity index is 4.17. The van der Waals surface area contributed by atoms with Crippen LogP contribution in [0.5, 0.6) is 0 Å². The fourth-order valence-electron chi connectivity index (χ4n) is 2.19. The lowest BCUT2D eigenvalue weighted by atomic mass is 9.95. The summed E-state index contributed by atoms with van der Waals surface area (Å²) < 4.78 is 5.08. The van der Waals surface area contributed by atoms with Gasteiger partial charge < -0.3 is 4.74 Å². The average Bonchev–Trinajstić information content (AvgIpc) is 1.99. The number of methoxy groups -OCH3 is 1. The fourth-order valence-corrected chi connectivity index (χ4v) is 2.19. The van der Waals surface area contributed by atoms with Gasteiger partial charge in [-0.15, -0.1) is 0 Å². The Bertz CT molecular complexity index is 150. The number of nitrogens with zero attached hydrogens (tertiary/aromatic N) is 1. The van der Waals surface area contributed by atoms with E-state index >= 15 is 0 Å². The van der Waals surface area contributed by atoms with Crippen LogP contribution in [0.4, 0.5) is 0 Å². The van der Waals surface area contributed by atoms with Crippen molar-refractivity contribution in [1.29, 1.82) is 0 Å². The number of unbranched alkanes of at least 4 members (excludes halogenated alkanes) is 1. The summed E-state index contributed by atoms with van der Waals surface area (Å²) in [5.41, 5.74) is 0.483. The van der Waals surface area contributed by atoms with E-state index in [0.717, 1.165) is 19.6 Å². The van der Waals surface area contributed by atoms with E-state index in [2.05, 4.69) is 46.4 Å². The standard InChI is InChI=1S/C13H29NO/c1-12(2,3)14(13(4,5)6)10-8-9-11-15-7/h8-11H2,1-7H3. The van der Waals surface area contributed by atoms with Gasteiger partial charge in [-0.25, -0.2) is 0 Å². The molecule has 0 aliphatic rings. The van der Waals surface area contributed by atoms with Crippen LogP contribution in [0.15, 0.2) is 0 Å². The maximum Gasteiger partial charge on any atom is 0.0462 e. The van der Waals surface area contributed by atoms with Crippen molar-refractivity contribution in [1.82, 2.24) is 4.90 Å². The van der Waals surface area contributed by atoms with Crippen LogP contribution in [0.25, 0.3) is 0 Å². The minimum absolute atomic E-state index is 0.241. The molecule has 0 spiro atoms. The molecule has 2 heteroatoms. The molecule has 0 unspecified atom stereocenters. The molecule has 0 aromatic heterocycles. The zero-order chi connectivity index (χ0) is 12.1. The molecule has 0 aliphatic carbocycles. The van der Waals surface area contributed by atoms with Crippen LogP contribution in [-0.2, 0) is 4.74 Å². The van der Waals surface area contributed by atoms with Gasteiger partial charge in [0.15, 0.2) is 0 Å². The van der Waals surface area contributed by atoms with Crippen molar-refractivity contribution in [3.63, 3.8) is 0 Å². The van der Waals surface area contributed by atoms with Gasteiger partial charge in [-0.2, -0.15) is 0 Å². The van der Waals surface area contributed by atoms with Crippen molar-refractivity contribution in [3.8, 4) is 0 Å². The SMILES string of the molecule is COCCCCN(C(C)(C)C)C(C)(C)C. The molecule has 15 heavy (non-hydrogen) atoms. The Morgan fingerprint density at radius 1 is 0.867 bits per heavy atom. The highest BCUT2D eigenvalue weighted by atomic mass is 16.5. The van der Waals surface area contributed by atoms with Crippen LogP contribution in [0.1, 0.15) is 54.4 Å². The van der Waals surface area contributed by atoms with Gasteiger partial charge in [0.25, 0.3) is 0 Å². The maximum absolute atomic E-state index is 5.08. The molecule has 0 amide bonds. The van der Waals surface area contributed by atoms with Gasteiger partial charge in [-0.1, -0.05) is 0 Å². The molecule has 0 atom stereocenters. The van der Waals surface area contributed by atoms with Crippen molar-refractivity contribution in [2.45, 2.75) is 65.5 Å². The second kappa shape index (κ2) is 5.86. The van der Waals surface area contributed by atoms with Crippen LogP contribution in [0.3, 0.4) is 0 Å². The van der Waals surface area contributed by atoms with Gasteiger partial charge >= 0.3 is 0 Å². The van der Waals surface area contributed by atoms with E-state index in [0.29, 0.717) is 0 Å². The summed E-state index contributed by atoms with van der Waals surface area (Å²) in [6.45, 7) is 15.7. The topological polar surface area (TPSA) is 12.5 Å². The van der Waals surface area contributed by atoms with Crippen LogP contribution in [0, 0.1) is 0 Å². The first-order valence-electron chi connectivity index (χ1n) is 5.96. The first-order chi connectivity index (χ1) is 6.69. The van der Waals surface area contributed by atoms with E-state index in [1.54, 1.807) is 7.11 Å². The highest BCUT2D eigenvalue weighted by Gasteiger charge is 2.30. The summed E-state index contributed by atoms with van der Waals surface area (Å²) in [6.07, 6.45) is 2.36. The van der Waals surface area contributed by atoms with Gasteiger partial charge in [0.2, 0.25) is 0 Å². The summed E-state index contributed by atoms with van der Waals surface area (Å²) >= 11 is 0. The van der Waals surface area contributed by atoms with Gasteiger partial charge in [0, 0.05) is 24.8 Å². The number of hydrogen-bond acceptors (Lipinski definition) is 2. The lowest BCUT2D eigenvalue weighted by Crippen LogP contribution is -2.52. The second-order valence-corrected chi connectivity index (χ2v) is 6.19. The van der Waals surface area contributed by atoms with Gasteiger partial charge in [-0.05, 0) is 60.9 Å². The molecule has 0 rings (SSSR count). The first kappa shape index (κ1) is 14.9. The highest BCUT2D eigenvalue weighted by molar-refractivity contribution is 4.86. The average molecular weight is 215 g/mol. The fraction of sp³-hybridized carbons (Fsp3) is 1.00. The molecule has 2 nitrogen and oxygen atoms in total. The van der Waals surface area contributed by atoms with Crippen LogP contribution in [0.2, 0.25) is 0 Å². The van der Waals surface area contributed by atoms with Crippen molar-refractivity contribution >= 4 is 0 Å². The molecule has 0 aromatic rings. The van der Waals surface area contributed by atoms with E-state index in [1.807, 2.05) is 0 Å². The lowest BCUT2D eigenvalue weighted by molar-refractivity contribution is 0.0348. The molecule has 0 saturated carbocycles. The normalized spacial score (nSPS) is 13.6. The Hall–Kier alpha value is -0.0800. The van der Waals surface area contributed by atoms with Crippen LogP contribution >= 0.6 is 0 Å². The number of ether oxygens (including phenoxy) is 1. The summed E-state index contributed by atoms with van der Waals surface area (Å²) in [6, 6.07) is 0. The van der Waals surface area contributed by atoms with Crippen molar-refractivity contribution in [3.05, 3.63) is 0 Å². The minimum Gasteiger partial charge on any atom is -0.385 e. The van der Waals surface area contributed by atoms with E-state index in [9.17, 15) is 0 Å². The molecular weight excluding hydrogens is 186 g/mol. The molecule has 0 N–H and O–H groups in total. The third kappa shape index (κ3) is 6.16. The van der Waals surface area contributed by atoms with Crippen molar-refractivity contribution < 1.29 is 4.74 Å². The Morgan fingerprint density at radius 3 is 1.67 bits per heavy atom. The van der Waals surface area contributed by atoms with Crippen LogP contribution < -0.4 is 0 Å². The van der Waals surface area contributed by atoms with E-state index in [1.165, 1.54) is 6.42 Å². The number of rotatable bonds is 5. The van der Waals surface area contributed by atoms with Crippen LogP contribution in [-0.4, -0.2) is 36.2 Å². The molecule has 0 radical (unpaired) electrons. The van der Waals surface area contributed by atoms with Crippen molar-refractivity contribution in [2.75, 3.05) is 20.3 Å². The Kier molecular flexibility index (Phi) is 5.82. The zero-order valence-corrected chi connectivity index (χ0v) is 11.7. The largest absolute Gasteiger partial charge is 0.385 e. The molecule has 0 aliphatic heterocycles. The summed E-state index contributed by atoms with van der Waals surface area (Å²) in [5, 5.41) is 0. The van der Waals surface area contributed by atoms with Gasteiger partial charge in [0.1, 0.15) is 0 Å². The first-order valence-corrected chi connectivity index (χ1v) is 5.96. The number of hydrogen-bond donors (Lipinski definition) is 0. The predicted octanol–water partition coefficient (Wildman–Crippen LogP) is 3.31. The van der Waals surface area contributed by atoms with E-state index in [4.69, 9.17) is 4.74 Å². The van der Waals surface area contributed by atoms with E-state index < -0.39 is 0 Å². The third-order valence-electron chi connectivity index (χ3n) is 2.60. The summed E-state index contributed by atoms with van der Waals surface area (Å²) in [4.78, 5) is 2.57. The molecule has 0 heterocycles. The van der Waals surface area contributed by atoms with E-state index in [-0.39, 0.29) is 11.1 Å². The quantitative estimate of drug-likeness (QED) is 0.652. The highest BCUT2D eigenvalue weighted by Crippen LogP contribution is 2.24. The maximum atomic E-state index is 5.08. The zero-order valence-electron chi connectivity index (χ0n) is 11.7. The smallest absolute Gasteiger partial charge is 0.0462 e. The molecule has 0 bridgehead atoms. The molecule has 0 saturated heterocycles. The molecule has 0 fully saturated rings. The Morgan fingerprint density at radius 2 is 1.33 bits per heavy atom. The Labute approximate surface area is 96.0 Å². The lowest BCUT2D eigenvalue weighted by Gasteiger charge is -2.45. The molecule has 0 aromatic carbocycles. The van der Waals surface area contributed by atoms with Gasteiger partial charge in [0.05, 0.1) is 0 Å². The summed E-state index contributed by atoms with van der Waals surface area (Å²) in [5.74, 6) is 0. The third-order valence-corrected chi connectivity index (χ3v) is 2.60. The van der Waals surface area contributed by atoms with Gasteiger partial charge in [-0.3, -0.25) is 4.90 Å². The minimum atomic E-state index is 0.241. The monoisotopic (exact) mass is 215 g/mol. The predicted molar refractivity (Wildman–Crippen MR) is 67.3 cm³/mol. The molecular formula is C13H29NO. The molecule has 92 valence electrons.